The molecular formula is C13H24Cl2N2OS2. The van der Waals surface area contributed by atoms with Gasteiger partial charge in [-0.15, -0.1) is 23.2 Å². The van der Waals surface area contributed by atoms with E-state index in [1.54, 1.807) is 21.6 Å². The fraction of sp³-hybridized carbons (Fsp3) is 0.769. The molecule has 0 radical (unpaired) electrons. The van der Waals surface area contributed by atoms with Crippen LogP contribution in [-0.4, -0.2) is 42.3 Å². The molecule has 0 aliphatic carbocycles. The molecule has 20 heavy (non-hydrogen) atoms. The van der Waals surface area contributed by atoms with E-state index in [1.807, 2.05) is 0 Å². The molecule has 0 saturated carbocycles. The molecule has 0 saturated heterocycles. The summed E-state index contributed by atoms with van der Waals surface area (Å²) in [5.74, 6) is 3.26. The van der Waals surface area contributed by atoms with Crippen molar-refractivity contribution in [1.29, 1.82) is 0 Å². The van der Waals surface area contributed by atoms with E-state index < -0.39 is 0 Å². The minimum absolute atomic E-state index is 0.0912. The highest BCUT2D eigenvalue weighted by Crippen LogP contribution is 2.19. The lowest BCUT2D eigenvalue weighted by Crippen LogP contribution is -2.25. The largest absolute Gasteiger partial charge is 0.388 e. The number of rotatable bonds is 14. The van der Waals surface area contributed by atoms with Gasteiger partial charge in [0, 0.05) is 48.5 Å². The van der Waals surface area contributed by atoms with Gasteiger partial charge in [0.15, 0.2) is 0 Å². The normalized spacial score (nSPS) is 10.3. The maximum atomic E-state index is 11.3. The molecule has 0 spiro atoms. The van der Waals surface area contributed by atoms with Gasteiger partial charge in [0.2, 0.25) is 5.91 Å². The minimum atomic E-state index is 0.0912. The Morgan fingerprint density at radius 2 is 1.50 bits per heavy atom. The maximum absolute atomic E-state index is 11.3. The highest BCUT2D eigenvalue weighted by atomic mass is 35.5. The van der Waals surface area contributed by atoms with Crippen LogP contribution in [0, 0.1) is 0 Å². The molecule has 0 aromatic carbocycles. The molecule has 118 valence electrons. The van der Waals surface area contributed by atoms with Crippen molar-refractivity contribution in [2.75, 3.05) is 36.4 Å². The molecule has 0 aromatic heterocycles. The van der Waals surface area contributed by atoms with E-state index in [-0.39, 0.29) is 5.91 Å². The number of halogens is 2. The number of nitrogens with one attached hydrogen (secondary N) is 2. The minimum Gasteiger partial charge on any atom is -0.388 e. The lowest BCUT2D eigenvalue weighted by atomic mass is 10.3. The third kappa shape index (κ3) is 14.7. The summed E-state index contributed by atoms with van der Waals surface area (Å²) in [6.07, 6.45) is 3.18. The number of amides is 1. The number of alkyl halides is 2. The van der Waals surface area contributed by atoms with Crippen molar-refractivity contribution < 1.29 is 4.79 Å². The molecule has 3 nitrogen and oxygen atoms in total. The molecule has 0 fully saturated rings. The van der Waals surface area contributed by atoms with Crippen molar-refractivity contribution in [1.82, 2.24) is 10.6 Å². The zero-order valence-corrected chi connectivity index (χ0v) is 14.9. The Kier molecular flexibility index (Phi) is 15.9. The van der Waals surface area contributed by atoms with Gasteiger partial charge in [-0.1, -0.05) is 28.2 Å². The van der Waals surface area contributed by atoms with E-state index in [1.165, 1.54) is 0 Å². The first-order valence-corrected chi connectivity index (χ1v) is 10.3. The average Bonchev–Trinajstić information content (AvgIpc) is 2.45. The Bertz CT molecular complexity index is 243. The monoisotopic (exact) mass is 358 g/mol. The summed E-state index contributed by atoms with van der Waals surface area (Å²) < 4.78 is 0. The van der Waals surface area contributed by atoms with Crippen molar-refractivity contribution in [2.45, 2.75) is 25.7 Å². The molecule has 0 aromatic rings. The van der Waals surface area contributed by atoms with Crippen LogP contribution in [0.15, 0.2) is 12.3 Å². The second-order valence-electron chi connectivity index (χ2n) is 4.11. The molecule has 0 bridgehead atoms. The molecule has 0 rings (SSSR count). The van der Waals surface area contributed by atoms with Crippen LogP contribution >= 0.6 is 44.8 Å². The molecule has 0 heterocycles. The Morgan fingerprint density at radius 3 is 2.10 bits per heavy atom. The Hall–Kier alpha value is 0.290. The van der Waals surface area contributed by atoms with Crippen molar-refractivity contribution in [2.24, 2.45) is 0 Å². The lowest BCUT2D eigenvalue weighted by Gasteiger charge is -2.08. The van der Waals surface area contributed by atoms with Gasteiger partial charge < -0.3 is 10.6 Å². The van der Waals surface area contributed by atoms with Crippen LogP contribution in [0.5, 0.6) is 0 Å². The second-order valence-corrected chi connectivity index (χ2v) is 7.57. The van der Waals surface area contributed by atoms with Gasteiger partial charge >= 0.3 is 0 Å². The molecule has 0 unspecified atom stereocenters. The van der Waals surface area contributed by atoms with Crippen LogP contribution in [-0.2, 0) is 4.79 Å². The predicted octanol–water partition coefficient (Wildman–Crippen LogP) is 3.63. The van der Waals surface area contributed by atoms with E-state index in [9.17, 15) is 4.79 Å². The van der Waals surface area contributed by atoms with Crippen molar-refractivity contribution in [3.63, 3.8) is 0 Å². The molecular weight excluding hydrogens is 335 g/mol. The maximum Gasteiger partial charge on any atom is 0.220 e. The first-order valence-electron chi connectivity index (χ1n) is 6.75. The first-order chi connectivity index (χ1) is 9.70. The van der Waals surface area contributed by atoms with Gasteiger partial charge in [-0.25, -0.2) is 0 Å². The number of carbonyl (C=O) groups is 1. The molecule has 0 aliphatic heterocycles. The molecule has 2 N–H and O–H groups in total. The number of hydrogen-bond acceptors (Lipinski definition) is 4. The van der Waals surface area contributed by atoms with E-state index in [4.69, 9.17) is 23.2 Å². The van der Waals surface area contributed by atoms with Gasteiger partial charge in [-0.3, -0.25) is 4.79 Å². The molecule has 7 heteroatoms. The van der Waals surface area contributed by atoms with Gasteiger partial charge in [0.05, 0.1) is 0 Å². The van der Waals surface area contributed by atoms with Crippen LogP contribution < -0.4 is 10.6 Å². The second kappa shape index (κ2) is 15.7. The predicted molar refractivity (Wildman–Crippen MR) is 95.0 cm³/mol. The number of hydrogen-bond donors (Lipinski definition) is 2. The molecule has 0 atom stereocenters. The van der Waals surface area contributed by atoms with Crippen molar-refractivity contribution in [3.8, 4) is 0 Å². The first kappa shape index (κ1) is 20.3. The molecule has 0 aliphatic rings. The summed E-state index contributed by atoms with van der Waals surface area (Å²) in [5, 5.41) is 6.16. The average molecular weight is 359 g/mol. The number of allylic oxidation sites excluding steroid dienone is 1. The Labute approximate surface area is 140 Å². The van der Waals surface area contributed by atoms with Crippen molar-refractivity contribution >= 4 is 50.7 Å². The van der Waals surface area contributed by atoms with E-state index in [2.05, 4.69) is 17.2 Å². The van der Waals surface area contributed by atoms with Gasteiger partial charge in [0.25, 0.3) is 0 Å². The van der Waals surface area contributed by atoms with Crippen LogP contribution in [0.3, 0.4) is 0 Å². The fourth-order valence-corrected chi connectivity index (χ4v) is 3.38. The van der Waals surface area contributed by atoms with Gasteiger partial charge in [0.1, 0.15) is 0 Å². The third-order valence-electron chi connectivity index (χ3n) is 2.30. The topological polar surface area (TPSA) is 41.1 Å². The summed E-state index contributed by atoms with van der Waals surface area (Å²) in [4.78, 5) is 11.3. The highest BCUT2D eigenvalue weighted by Gasteiger charge is 1.99. The van der Waals surface area contributed by atoms with E-state index >= 15 is 0 Å². The zero-order chi connectivity index (χ0) is 15.1. The zero-order valence-electron chi connectivity index (χ0n) is 11.8. The summed E-state index contributed by atoms with van der Waals surface area (Å²) in [5.41, 5.74) is 1.06. The summed E-state index contributed by atoms with van der Waals surface area (Å²) in [7, 11) is 3.58. The van der Waals surface area contributed by atoms with Crippen LogP contribution in [0.1, 0.15) is 25.7 Å². The van der Waals surface area contributed by atoms with E-state index in [0.29, 0.717) is 24.7 Å². The lowest BCUT2D eigenvalue weighted by molar-refractivity contribution is -0.120. The fourth-order valence-electron chi connectivity index (χ4n) is 1.30. The summed E-state index contributed by atoms with van der Waals surface area (Å²) >= 11 is 11.1. The summed E-state index contributed by atoms with van der Waals surface area (Å²) in [6.45, 7) is 5.58. The number of carbonyl (C=O) groups excluding carboxylic acids is 1. The third-order valence-corrected chi connectivity index (χ3v) is 5.24. The van der Waals surface area contributed by atoms with Crippen LogP contribution in [0.4, 0.5) is 0 Å². The standard InChI is InChI=1S/C13H24Cl2N2OS2/c1-12(4-2-6-14)16-8-10-19-20-11-9-17-13(18)5-3-7-15/h16H,1-11H2,(H,17,18). The van der Waals surface area contributed by atoms with Crippen molar-refractivity contribution in [3.05, 3.63) is 12.3 Å². The van der Waals surface area contributed by atoms with Gasteiger partial charge in [-0.2, -0.15) is 0 Å². The smallest absolute Gasteiger partial charge is 0.220 e. The SMILES string of the molecule is C=C(CCCCl)NCCSSCCNC(=O)CCCCl. The van der Waals surface area contributed by atoms with E-state index in [0.717, 1.165) is 43.0 Å². The van der Waals surface area contributed by atoms with Crippen LogP contribution in [0.25, 0.3) is 0 Å². The Balaban J connectivity index is 3.20. The Morgan fingerprint density at radius 1 is 0.950 bits per heavy atom. The summed E-state index contributed by atoms with van der Waals surface area (Å²) in [6, 6.07) is 0. The highest BCUT2D eigenvalue weighted by molar-refractivity contribution is 8.76. The van der Waals surface area contributed by atoms with Gasteiger partial charge in [-0.05, 0) is 19.3 Å². The molecule has 1 amide bonds. The van der Waals surface area contributed by atoms with Crippen LogP contribution in [0.2, 0.25) is 0 Å². The quantitative estimate of drug-likeness (QED) is 0.282.